The number of thioether (sulfide) groups is 1. The molecule has 1 amide bonds. The molecule has 0 radical (unpaired) electrons. The van der Waals surface area contributed by atoms with Gasteiger partial charge in [-0.3, -0.25) is 4.79 Å². The minimum absolute atomic E-state index is 0.0436. The van der Waals surface area contributed by atoms with Crippen molar-refractivity contribution in [3.8, 4) is 0 Å². The molecular formula is C18H16ClFN4OS2. The summed E-state index contributed by atoms with van der Waals surface area (Å²) in [6.45, 7) is 0. The maximum atomic E-state index is 13.7. The van der Waals surface area contributed by atoms with E-state index in [4.69, 9.17) is 17.3 Å². The number of nitrogens with one attached hydrogen (secondary N) is 1. The highest BCUT2D eigenvalue weighted by molar-refractivity contribution is 7.99. The highest BCUT2D eigenvalue weighted by Crippen LogP contribution is 2.38. The number of carbonyl (C=O) groups excluding carboxylic acids is 1. The van der Waals surface area contributed by atoms with E-state index in [1.165, 1.54) is 46.8 Å². The molecule has 3 aromatic rings. The number of amides is 1. The van der Waals surface area contributed by atoms with E-state index in [0.29, 0.717) is 16.0 Å². The molecule has 0 aliphatic heterocycles. The quantitative estimate of drug-likeness (QED) is 0.471. The number of hydrogen-bond acceptors (Lipinski definition) is 6. The molecule has 3 N–H and O–H groups in total. The van der Waals surface area contributed by atoms with Gasteiger partial charge in [0.2, 0.25) is 5.91 Å². The molecule has 2 heterocycles. The summed E-state index contributed by atoms with van der Waals surface area (Å²) in [6.07, 6.45) is 4.43. The lowest BCUT2D eigenvalue weighted by Gasteiger charge is -2.10. The van der Waals surface area contributed by atoms with Gasteiger partial charge in [0.05, 0.1) is 16.8 Å². The summed E-state index contributed by atoms with van der Waals surface area (Å²) in [7, 11) is 0. The van der Waals surface area contributed by atoms with E-state index >= 15 is 0 Å². The second-order valence-corrected chi connectivity index (χ2v) is 8.71. The Morgan fingerprint density at radius 2 is 2.15 bits per heavy atom. The van der Waals surface area contributed by atoms with Crippen LogP contribution in [0.4, 0.5) is 15.9 Å². The van der Waals surface area contributed by atoms with Crippen molar-refractivity contribution in [1.29, 1.82) is 0 Å². The zero-order valence-electron chi connectivity index (χ0n) is 14.2. The molecule has 0 spiro atoms. The predicted molar refractivity (Wildman–Crippen MR) is 109 cm³/mol. The van der Waals surface area contributed by atoms with Crippen LogP contribution in [0.25, 0.3) is 10.2 Å². The number of nitrogens with zero attached hydrogens (tertiary/aromatic N) is 2. The minimum atomic E-state index is -0.538. The molecule has 0 saturated heterocycles. The van der Waals surface area contributed by atoms with Gasteiger partial charge in [-0.15, -0.1) is 11.3 Å². The zero-order valence-corrected chi connectivity index (χ0v) is 16.6. The highest BCUT2D eigenvalue weighted by atomic mass is 35.5. The maximum absolute atomic E-state index is 13.7. The van der Waals surface area contributed by atoms with Crippen LogP contribution in [-0.2, 0) is 17.6 Å². The molecule has 9 heteroatoms. The first-order chi connectivity index (χ1) is 13.0. The standard InChI is InChI=1S/C18H16ClFN4OS2/c19-9-5-6-11(20)12(7-9)22-14(25)8-26-18-23-16(21)15-10-3-1-2-4-13(10)27-17(15)24-18/h5-7H,1-4,8H2,(H,22,25)(H2,21,23,24). The van der Waals surface area contributed by atoms with Crippen molar-refractivity contribution < 1.29 is 9.18 Å². The van der Waals surface area contributed by atoms with Crippen molar-refractivity contribution in [2.24, 2.45) is 0 Å². The number of aromatic nitrogens is 2. The lowest BCUT2D eigenvalue weighted by molar-refractivity contribution is -0.113. The van der Waals surface area contributed by atoms with E-state index in [1.54, 1.807) is 11.3 Å². The second kappa shape index (κ2) is 7.61. The fraction of sp³-hybridized carbons (Fsp3) is 0.278. The van der Waals surface area contributed by atoms with Crippen LogP contribution in [0.5, 0.6) is 0 Å². The Hall–Kier alpha value is -1.90. The number of anilines is 2. The Bertz CT molecular complexity index is 1040. The van der Waals surface area contributed by atoms with Crippen LogP contribution >= 0.6 is 34.7 Å². The van der Waals surface area contributed by atoms with Crippen molar-refractivity contribution in [3.05, 3.63) is 39.5 Å². The van der Waals surface area contributed by atoms with Gasteiger partial charge in [-0.1, -0.05) is 23.4 Å². The largest absolute Gasteiger partial charge is 0.383 e. The lowest BCUT2D eigenvalue weighted by Crippen LogP contribution is -2.15. The van der Waals surface area contributed by atoms with Gasteiger partial charge in [-0.25, -0.2) is 14.4 Å². The monoisotopic (exact) mass is 422 g/mol. The van der Waals surface area contributed by atoms with Crippen LogP contribution in [0, 0.1) is 5.82 Å². The summed E-state index contributed by atoms with van der Waals surface area (Å²) in [5.41, 5.74) is 7.50. The average molecular weight is 423 g/mol. The number of thiophene rings is 1. The molecule has 1 aliphatic carbocycles. The highest BCUT2D eigenvalue weighted by Gasteiger charge is 2.20. The molecule has 0 saturated carbocycles. The van der Waals surface area contributed by atoms with Gasteiger partial charge in [-0.2, -0.15) is 0 Å². The first-order valence-corrected chi connectivity index (χ1v) is 10.6. The van der Waals surface area contributed by atoms with Crippen molar-refractivity contribution in [1.82, 2.24) is 9.97 Å². The average Bonchev–Trinajstić information content (AvgIpc) is 3.02. The SMILES string of the molecule is Nc1nc(SCC(=O)Nc2cc(Cl)ccc2F)nc2sc3c(c12)CCCC3. The molecule has 1 aromatic carbocycles. The van der Waals surface area contributed by atoms with Crippen molar-refractivity contribution >= 4 is 62.3 Å². The molecule has 0 unspecified atom stereocenters. The van der Waals surface area contributed by atoms with E-state index in [1.807, 2.05) is 0 Å². The van der Waals surface area contributed by atoms with Crippen LogP contribution in [0.3, 0.4) is 0 Å². The molecule has 0 bridgehead atoms. The van der Waals surface area contributed by atoms with Gasteiger partial charge in [0.1, 0.15) is 16.5 Å². The van der Waals surface area contributed by atoms with E-state index < -0.39 is 5.82 Å². The van der Waals surface area contributed by atoms with Crippen molar-refractivity contribution in [3.63, 3.8) is 0 Å². The molecule has 0 atom stereocenters. The number of hydrogen-bond donors (Lipinski definition) is 2. The van der Waals surface area contributed by atoms with Gasteiger partial charge in [0, 0.05) is 9.90 Å². The fourth-order valence-electron chi connectivity index (χ4n) is 3.14. The molecular weight excluding hydrogens is 407 g/mol. The number of nitrogen functional groups attached to an aromatic ring is 1. The summed E-state index contributed by atoms with van der Waals surface area (Å²) in [5.74, 6) is -0.400. The molecule has 2 aromatic heterocycles. The van der Waals surface area contributed by atoms with E-state index in [9.17, 15) is 9.18 Å². The third-order valence-corrected chi connectivity index (χ3v) is 6.63. The Kier molecular flexibility index (Phi) is 5.21. The van der Waals surface area contributed by atoms with Gasteiger partial charge in [0.25, 0.3) is 0 Å². The lowest BCUT2D eigenvalue weighted by atomic mass is 9.97. The number of fused-ring (bicyclic) bond motifs is 3. The van der Waals surface area contributed by atoms with Gasteiger partial charge >= 0.3 is 0 Å². The second-order valence-electron chi connectivity index (χ2n) is 6.24. The third kappa shape index (κ3) is 3.88. The number of carbonyl (C=O) groups is 1. The van der Waals surface area contributed by atoms with Crippen LogP contribution in [0.1, 0.15) is 23.3 Å². The molecule has 0 fully saturated rings. The third-order valence-electron chi connectivity index (χ3n) is 4.36. The van der Waals surface area contributed by atoms with Crippen molar-refractivity contribution in [2.45, 2.75) is 30.8 Å². The van der Waals surface area contributed by atoms with Crippen LogP contribution in [0.15, 0.2) is 23.4 Å². The first kappa shape index (κ1) is 18.5. The maximum Gasteiger partial charge on any atom is 0.234 e. The number of benzene rings is 1. The molecule has 4 rings (SSSR count). The summed E-state index contributed by atoms with van der Waals surface area (Å²) in [6, 6.07) is 4.01. The topological polar surface area (TPSA) is 80.9 Å². The number of rotatable bonds is 4. The zero-order chi connectivity index (χ0) is 19.0. The summed E-state index contributed by atoms with van der Waals surface area (Å²) >= 11 is 8.66. The fourth-order valence-corrected chi connectivity index (χ4v) is 5.29. The van der Waals surface area contributed by atoms with E-state index in [-0.39, 0.29) is 17.3 Å². The summed E-state index contributed by atoms with van der Waals surface area (Å²) in [4.78, 5) is 23.3. The number of halogens is 2. The van der Waals surface area contributed by atoms with E-state index in [2.05, 4.69) is 15.3 Å². The number of nitrogens with two attached hydrogens (primary N) is 1. The Morgan fingerprint density at radius 1 is 1.33 bits per heavy atom. The van der Waals surface area contributed by atoms with Gasteiger partial charge < -0.3 is 11.1 Å². The van der Waals surface area contributed by atoms with Gasteiger partial charge in [0.15, 0.2) is 5.16 Å². The molecule has 140 valence electrons. The van der Waals surface area contributed by atoms with Crippen LogP contribution < -0.4 is 11.1 Å². The Balaban J connectivity index is 1.49. The Labute approximate surface area is 168 Å². The summed E-state index contributed by atoms with van der Waals surface area (Å²) < 4.78 is 13.7. The molecule has 1 aliphatic rings. The summed E-state index contributed by atoms with van der Waals surface area (Å²) in [5, 5.41) is 4.27. The predicted octanol–water partition coefficient (Wildman–Crippen LogP) is 4.68. The first-order valence-electron chi connectivity index (χ1n) is 8.46. The smallest absolute Gasteiger partial charge is 0.234 e. The van der Waals surface area contributed by atoms with Crippen molar-refractivity contribution in [2.75, 3.05) is 16.8 Å². The normalized spacial score (nSPS) is 13.6. The number of aryl methyl sites for hydroxylation is 2. The Morgan fingerprint density at radius 3 is 3.00 bits per heavy atom. The minimum Gasteiger partial charge on any atom is -0.383 e. The molecule has 5 nitrogen and oxygen atoms in total. The molecule has 27 heavy (non-hydrogen) atoms. The van der Waals surface area contributed by atoms with E-state index in [0.717, 1.165) is 29.5 Å². The van der Waals surface area contributed by atoms with Crippen LogP contribution in [0.2, 0.25) is 5.02 Å². The van der Waals surface area contributed by atoms with Gasteiger partial charge in [-0.05, 0) is 49.4 Å². The van der Waals surface area contributed by atoms with Crippen LogP contribution in [-0.4, -0.2) is 21.6 Å².